The lowest BCUT2D eigenvalue weighted by atomic mass is 10.1. The van der Waals surface area contributed by atoms with Gasteiger partial charge in [0, 0.05) is 30.4 Å². The minimum absolute atomic E-state index is 0.0905. The number of rotatable bonds is 12. The monoisotopic (exact) mass is 381 g/mol. The van der Waals surface area contributed by atoms with Crippen LogP contribution in [0.2, 0.25) is 0 Å². The third-order valence-corrected chi connectivity index (χ3v) is 5.00. The number of methoxy groups -OCH3 is 1. The Morgan fingerprint density at radius 3 is 2.14 bits per heavy atom. The lowest BCUT2D eigenvalue weighted by Gasteiger charge is -2.25. The van der Waals surface area contributed by atoms with Crippen molar-refractivity contribution in [3.63, 3.8) is 0 Å². The number of nitrogens with zero attached hydrogens (tertiary/aromatic N) is 1. The molecule has 0 atom stereocenters. The number of hydrogen-bond acceptors (Lipinski definition) is 3. The van der Waals surface area contributed by atoms with Gasteiger partial charge in [-0.05, 0) is 42.5 Å². The van der Waals surface area contributed by atoms with E-state index in [-0.39, 0.29) is 6.61 Å². The standard InChI is InChI=1S/C25H35NO2/c1-4-6-17-26(18-7-5-2)24-16-15-23(25(19-24)28-3)10-8-9-21-11-13-22(20-27)14-12-21/h8,10-16,19,27H,4-7,9,17-18,20H2,1-3H3/b10-8+. The average molecular weight is 382 g/mol. The maximum absolute atomic E-state index is 9.14. The molecule has 28 heavy (non-hydrogen) atoms. The number of anilines is 1. The number of unbranched alkanes of at least 4 members (excludes halogenated alkanes) is 2. The van der Waals surface area contributed by atoms with Crippen LogP contribution in [0.25, 0.3) is 6.08 Å². The number of allylic oxidation sites excluding steroid dienone is 1. The second-order valence-electron chi connectivity index (χ2n) is 7.20. The smallest absolute Gasteiger partial charge is 0.128 e. The molecule has 2 rings (SSSR count). The Hall–Kier alpha value is -2.26. The summed E-state index contributed by atoms with van der Waals surface area (Å²) in [6.07, 6.45) is 9.99. The van der Waals surface area contributed by atoms with E-state index in [4.69, 9.17) is 9.84 Å². The number of ether oxygens (including phenoxy) is 1. The van der Waals surface area contributed by atoms with E-state index >= 15 is 0 Å². The molecule has 3 heteroatoms. The van der Waals surface area contributed by atoms with E-state index in [1.165, 1.54) is 36.9 Å². The SMILES string of the molecule is CCCCN(CCCC)c1ccc(/C=C/Cc2ccc(CO)cc2)c(OC)c1. The molecule has 0 unspecified atom stereocenters. The molecule has 3 nitrogen and oxygen atoms in total. The third kappa shape index (κ3) is 6.72. The van der Waals surface area contributed by atoms with Gasteiger partial charge in [0.2, 0.25) is 0 Å². The van der Waals surface area contributed by atoms with Crippen molar-refractivity contribution in [2.24, 2.45) is 0 Å². The zero-order chi connectivity index (χ0) is 20.2. The molecule has 152 valence electrons. The minimum Gasteiger partial charge on any atom is -0.496 e. The maximum Gasteiger partial charge on any atom is 0.128 e. The van der Waals surface area contributed by atoms with Gasteiger partial charge in [-0.1, -0.05) is 63.1 Å². The summed E-state index contributed by atoms with van der Waals surface area (Å²) in [4.78, 5) is 2.48. The van der Waals surface area contributed by atoms with E-state index < -0.39 is 0 Å². The minimum atomic E-state index is 0.0905. The summed E-state index contributed by atoms with van der Waals surface area (Å²) < 4.78 is 5.67. The van der Waals surface area contributed by atoms with E-state index in [0.29, 0.717) is 0 Å². The zero-order valence-electron chi connectivity index (χ0n) is 17.7. The van der Waals surface area contributed by atoms with Gasteiger partial charge in [0.05, 0.1) is 13.7 Å². The Balaban J connectivity index is 2.09. The zero-order valence-corrected chi connectivity index (χ0v) is 17.7. The molecule has 2 aromatic rings. The molecule has 0 aliphatic carbocycles. The lowest BCUT2D eigenvalue weighted by Crippen LogP contribution is -2.25. The first kappa shape index (κ1) is 22.0. The highest BCUT2D eigenvalue weighted by Gasteiger charge is 2.09. The van der Waals surface area contributed by atoms with Crippen molar-refractivity contribution in [1.82, 2.24) is 0 Å². The van der Waals surface area contributed by atoms with Crippen LogP contribution in [-0.4, -0.2) is 25.3 Å². The fraction of sp³-hybridized carbons (Fsp3) is 0.440. The predicted octanol–water partition coefficient (Wildman–Crippen LogP) is 5.85. The molecule has 0 heterocycles. The van der Waals surface area contributed by atoms with Crippen LogP contribution in [0.15, 0.2) is 48.5 Å². The highest BCUT2D eigenvalue weighted by molar-refractivity contribution is 5.64. The second kappa shape index (κ2) is 12.2. The van der Waals surface area contributed by atoms with Crippen molar-refractivity contribution in [3.8, 4) is 5.75 Å². The highest BCUT2D eigenvalue weighted by Crippen LogP contribution is 2.27. The summed E-state index contributed by atoms with van der Waals surface area (Å²) >= 11 is 0. The quantitative estimate of drug-likeness (QED) is 0.500. The molecule has 0 saturated carbocycles. The van der Waals surface area contributed by atoms with E-state index in [0.717, 1.165) is 36.4 Å². The molecule has 0 amide bonds. The van der Waals surface area contributed by atoms with E-state index in [1.54, 1.807) is 7.11 Å². The summed E-state index contributed by atoms with van der Waals surface area (Å²) in [7, 11) is 1.74. The molecule has 0 aromatic heterocycles. The van der Waals surface area contributed by atoms with Crippen molar-refractivity contribution in [1.29, 1.82) is 0 Å². The predicted molar refractivity (Wildman–Crippen MR) is 120 cm³/mol. The molecule has 2 aromatic carbocycles. The second-order valence-corrected chi connectivity index (χ2v) is 7.20. The molecular weight excluding hydrogens is 346 g/mol. The van der Waals surface area contributed by atoms with Gasteiger partial charge in [-0.2, -0.15) is 0 Å². The van der Waals surface area contributed by atoms with Crippen LogP contribution in [0.4, 0.5) is 5.69 Å². The summed E-state index contributed by atoms with van der Waals surface area (Å²) in [5, 5.41) is 9.14. The van der Waals surface area contributed by atoms with Crippen LogP contribution in [0.5, 0.6) is 5.75 Å². The van der Waals surface area contributed by atoms with Gasteiger partial charge in [0.15, 0.2) is 0 Å². The Bertz CT molecular complexity index is 714. The van der Waals surface area contributed by atoms with Crippen molar-refractivity contribution < 1.29 is 9.84 Å². The highest BCUT2D eigenvalue weighted by atomic mass is 16.5. The topological polar surface area (TPSA) is 32.7 Å². The Morgan fingerprint density at radius 2 is 1.57 bits per heavy atom. The van der Waals surface area contributed by atoms with Crippen LogP contribution in [-0.2, 0) is 13.0 Å². The molecule has 0 radical (unpaired) electrons. The Morgan fingerprint density at radius 1 is 0.929 bits per heavy atom. The van der Waals surface area contributed by atoms with Gasteiger partial charge in [-0.15, -0.1) is 0 Å². The molecule has 0 saturated heterocycles. The summed E-state index contributed by atoms with van der Waals surface area (Å²) in [6, 6.07) is 14.6. The van der Waals surface area contributed by atoms with Crippen LogP contribution in [0, 0.1) is 0 Å². The average Bonchev–Trinajstić information content (AvgIpc) is 2.74. The van der Waals surface area contributed by atoms with Gasteiger partial charge in [-0.25, -0.2) is 0 Å². The Labute approximate surface area is 170 Å². The summed E-state index contributed by atoms with van der Waals surface area (Å²) in [5.74, 6) is 0.919. The number of hydrogen-bond donors (Lipinski definition) is 1. The van der Waals surface area contributed by atoms with Crippen LogP contribution < -0.4 is 9.64 Å². The fourth-order valence-corrected chi connectivity index (χ4v) is 3.20. The lowest BCUT2D eigenvalue weighted by molar-refractivity contribution is 0.282. The van der Waals surface area contributed by atoms with Crippen LogP contribution in [0.1, 0.15) is 56.2 Å². The molecule has 0 bridgehead atoms. The molecule has 0 aliphatic rings. The van der Waals surface area contributed by atoms with Crippen molar-refractivity contribution >= 4 is 11.8 Å². The number of aliphatic hydroxyl groups is 1. The van der Waals surface area contributed by atoms with E-state index in [9.17, 15) is 0 Å². The van der Waals surface area contributed by atoms with Gasteiger partial charge in [0.1, 0.15) is 5.75 Å². The number of benzene rings is 2. The first-order valence-corrected chi connectivity index (χ1v) is 10.5. The van der Waals surface area contributed by atoms with E-state index in [1.807, 2.05) is 12.1 Å². The Kier molecular flexibility index (Phi) is 9.64. The molecule has 0 aliphatic heterocycles. The van der Waals surface area contributed by atoms with Gasteiger partial charge < -0.3 is 14.7 Å². The molecule has 0 spiro atoms. The first-order chi connectivity index (χ1) is 13.7. The van der Waals surface area contributed by atoms with Crippen molar-refractivity contribution in [2.45, 2.75) is 52.6 Å². The molecular formula is C25H35NO2. The number of aliphatic hydroxyl groups excluding tert-OH is 1. The summed E-state index contributed by atoms with van der Waals surface area (Å²) in [6.45, 7) is 6.76. The van der Waals surface area contributed by atoms with Crippen molar-refractivity contribution in [3.05, 3.63) is 65.2 Å². The van der Waals surface area contributed by atoms with Crippen LogP contribution in [0.3, 0.4) is 0 Å². The van der Waals surface area contributed by atoms with Gasteiger partial charge >= 0.3 is 0 Å². The maximum atomic E-state index is 9.14. The van der Waals surface area contributed by atoms with Gasteiger partial charge in [0.25, 0.3) is 0 Å². The van der Waals surface area contributed by atoms with Gasteiger partial charge in [-0.3, -0.25) is 0 Å². The largest absolute Gasteiger partial charge is 0.496 e. The van der Waals surface area contributed by atoms with E-state index in [2.05, 4.69) is 61.2 Å². The van der Waals surface area contributed by atoms with Crippen molar-refractivity contribution in [2.75, 3.05) is 25.1 Å². The summed E-state index contributed by atoms with van der Waals surface area (Å²) in [5.41, 5.74) is 4.52. The third-order valence-electron chi connectivity index (χ3n) is 5.00. The fourth-order valence-electron chi connectivity index (χ4n) is 3.20. The normalized spacial score (nSPS) is 11.1. The van der Waals surface area contributed by atoms with Crippen LogP contribution >= 0.6 is 0 Å². The first-order valence-electron chi connectivity index (χ1n) is 10.5. The molecule has 1 N–H and O–H groups in total. The molecule has 0 fully saturated rings.